The van der Waals surface area contributed by atoms with E-state index >= 15 is 0 Å². The fraction of sp³-hybridized carbons (Fsp3) is 0.387. The predicted octanol–water partition coefficient (Wildman–Crippen LogP) is 1.91. The Bertz CT molecular complexity index is 1650. The molecule has 4 amide bonds. The van der Waals surface area contributed by atoms with Crippen LogP contribution in [0.4, 0.5) is 5.82 Å². The highest BCUT2D eigenvalue weighted by molar-refractivity contribution is 6.01. The number of aromatic nitrogens is 3. The van der Waals surface area contributed by atoms with Crippen LogP contribution in [0.2, 0.25) is 0 Å². The van der Waals surface area contributed by atoms with Crippen molar-refractivity contribution in [2.75, 3.05) is 18.9 Å². The van der Waals surface area contributed by atoms with Crippen molar-refractivity contribution in [1.82, 2.24) is 29.7 Å². The van der Waals surface area contributed by atoms with Crippen molar-refractivity contribution in [1.29, 1.82) is 5.26 Å². The van der Waals surface area contributed by atoms with Crippen molar-refractivity contribution in [2.24, 2.45) is 5.92 Å². The number of likely N-dealkylation sites (N-methyl/N-ethyl adjacent to an activating group) is 1. The van der Waals surface area contributed by atoms with Gasteiger partial charge >= 0.3 is 0 Å². The molecule has 2 N–H and O–H groups in total. The van der Waals surface area contributed by atoms with Crippen LogP contribution in [0.5, 0.6) is 5.75 Å². The number of anilines is 1. The van der Waals surface area contributed by atoms with Crippen LogP contribution < -0.4 is 15.4 Å². The van der Waals surface area contributed by atoms with Crippen molar-refractivity contribution >= 4 is 29.4 Å². The number of imidazole rings is 1. The third-order valence-electron chi connectivity index (χ3n) is 8.42. The summed E-state index contributed by atoms with van der Waals surface area (Å²) in [4.78, 5) is 64.8. The van der Waals surface area contributed by atoms with Crippen molar-refractivity contribution in [3.63, 3.8) is 0 Å². The number of nitrogens with zero attached hydrogens (tertiary/aromatic N) is 6. The molecule has 44 heavy (non-hydrogen) atoms. The molecular formula is C31H32N8O5. The predicted molar refractivity (Wildman–Crippen MR) is 156 cm³/mol. The normalized spacial score (nSPS) is 21.8. The Morgan fingerprint density at radius 1 is 1.20 bits per heavy atom. The average Bonchev–Trinajstić information content (AvgIpc) is 3.57. The lowest BCUT2D eigenvalue weighted by Crippen LogP contribution is -2.57. The number of ether oxygens (including phenoxy) is 1. The van der Waals surface area contributed by atoms with Crippen molar-refractivity contribution in [3.8, 4) is 17.5 Å². The second-order valence-electron chi connectivity index (χ2n) is 11.6. The lowest BCUT2D eigenvalue weighted by Gasteiger charge is -2.35. The number of benzene rings is 1. The molecule has 2 fully saturated rings. The molecule has 2 aromatic heterocycles. The highest BCUT2D eigenvalue weighted by atomic mass is 16.5. The summed E-state index contributed by atoms with van der Waals surface area (Å²) in [5.74, 6) is -1.01. The maximum Gasteiger partial charge on any atom is 0.272 e. The number of nitriles is 1. The van der Waals surface area contributed by atoms with E-state index in [0.717, 1.165) is 18.5 Å². The van der Waals surface area contributed by atoms with Crippen LogP contribution in [0.15, 0.2) is 61.2 Å². The SMILES string of the molecule is CC(NC(=O)c1cn(-c2ccccc2)cn1)C(=O)N(C)C(CC1CC1)C(=O)N1CC2(CC1C#N)Oc1cccnc1NC2=O. The summed E-state index contributed by atoms with van der Waals surface area (Å²) in [5, 5.41) is 15.4. The van der Waals surface area contributed by atoms with E-state index < -0.39 is 47.4 Å². The van der Waals surface area contributed by atoms with E-state index in [0.29, 0.717) is 12.2 Å². The molecule has 4 heterocycles. The van der Waals surface area contributed by atoms with Crippen LogP contribution in [0, 0.1) is 17.2 Å². The summed E-state index contributed by atoms with van der Waals surface area (Å²) >= 11 is 0. The zero-order valence-corrected chi connectivity index (χ0v) is 24.3. The first kappa shape index (κ1) is 28.9. The average molecular weight is 597 g/mol. The molecule has 1 spiro atoms. The van der Waals surface area contributed by atoms with Gasteiger partial charge in [0.1, 0.15) is 30.1 Å². The number of hydrogen-bond acceptors (Lipinski definition) is 8. The summed E-state index contributed by atoms with van der Waals surface area (Å²) < 4.78 is 7.79. The van der Waals surface area contributed by atoms with Crippen LogP contribution in [0.3, 0.4) is 0 Å². The molecule has 226 valence electrons. The lowest BCUT2D eigenvalue weighted by atomic mass is 9.97. The van der Waals surface area contributed by atoms with Gasteiger partial charge in [0.05, 0.1) is 12.6 Å². The molecule has 2 aliphatic heterocycles. The van der Waals surface area contributed by atoms with Gasteiger partial charge in [-0.3, -0.25) is 19.2 Å². The second-order valence-corrected chi connectivity index (χ2v) is 11.6. The van der Waals surface area contributed by atoms with Gasteiger partial charge in [0.2, 0.25) is 17.4 Å². The van der Waals surface area contributed by atoms with Gasteiger partial charge in [-0.2, -0.15) is 5.26 Å². The molecule has 6 rings (SSSR count). The molecule has 1 saturated heterocycles. The number of pyridine rings is 1. The fourth-order valence-electron chi connectivity index (χ4n) is 5.76. The molecule has 3 aliphatic rings. The summed E-state index contributed by atoms with van der Waals surface area (Å²) in [6.07, 6.45) is 6.88. The largest absolute Gasteiger partial charge is 0.472 e. The number of carbonyl (C=O) groups excluding carboxylic acids is 4. The number of amides is 4. The van der Waals surface area contributed by atoms with Gasteiger partial charge in [-0.25, -0.2) is 9.97 Å². The third kappa shape index (κ3) is 5.46. The van der Waals surface area contributed by atoms with Gasteiger partial charge in [-0.15, -0.1) is 0 Å². The summed E-state index contributed by atoms with van der Waals surface area (Å²) in [5.41, 5.74) is -0.479. The number of carbonyl (C=O) groups is 4. The van der Waals surface area contributed by atoms with E-state index in [-0.39, 0.29) is 30.4 Å². The molecule has 13 nitrogen and oxygen atoms in total. The Morgan fingerprint density at radius 2 is 1.98 bits per heavy atom. The fourth-order valence-corrected chi connectivity index (χ4v) is 5.76. The molecule has 4 unspecified atom stereocenters. The minimum Gasteiger partial charge on any atom is -0.472 e. The van der Waals surface area contributed by atoms with E-state index in [1.54, 1.807) is 29.8 Å². The minimum atomic E-state index is -1.46. The second kappa shape index (κ2) is 11.4. The molecule has 3 aromatic rings. The van der Waals surface area contributed by atoms with E-state index in [9.17, 15) is 24.4 Å². The van der Waals surface area contributed by atoms with Crippen molar-refractivity contribution < 1.29 is 23.9 Å². The number of nitrogens with one attached hydrogen (secondary N) is 2. The Labute approximate surface area is 253 Å². The van der Waals surface area contributed by atoms with Crippen LogP contribution >= 0.6 is 0 Å². The number of rotatable bonds is 8. The number of likely N-dealkylation sites (tertiary alicyclic amines) is 1. The highest BCUT2D eigenvalue weighted by Gasteiger charge is 2.56. The summed E-state index contributed by atoms with van der Waals surface area (Å²) in [7, 11) is 1.53. The first-order valence-electron chi connectivity index (χ1n) is 14.5. The van der Waals surface area contributed by atoms with Crippen LogP contribution in [0.1, 0.15) is 43.1 Å². The quantitative estimate of drug-likeness (QED) is 0.398. The number of fused-ring (bicyclic) bond motifs is 1. The first-order valence-corrected chi connectivity index (χ1v) is 14.5. The van der Waals surface area contributed by atoms with Gasteiger partial charge in [0.15, 0.2) is 11.6 Å². The third-order valence-corrected chi connectivity index (χ3v) is 8.42. The maximum absolute atomic E-state index is 14.1. The minimum absolute atomic E-state index is 0.0225. The van der Waals surface area contributed by atoms with E-state index in [1.165, 1.54) is 29.4 Å². The highest BCUT2D eigenvalue weighted by Crippen LogP contribution is 2.40. The van der Waals surface area contributed by atoms with E-state index in [4.69, 9.17) is 4.74 Å². The zero-order chi connectivity index (χ0) is 31.0. The van der Waals surface area contributed by atoms with Gasteiger partial charge in [0.25, 0.3) is 11.8 Å². The monoisotopic (exact) mass is 596 g/mol. The van der Waals surface area contributed by atoms with Crippen LogP contribution in [0.25, 0.3) is 5.69 Å². The molecule has 4 atom stereocenters. The molecule has 13 heteroatoms. The van der Waals surface area contributed by atoms with Gasteiger partial charge < -0.3 is 29.7 Å². The van der Waals surface area contributed by atoms with E-state index in [2.05, 4.69) is 26.7 Å². The van der Waals surface area contributed by atoms with Gasteiger partial charge in [0, 0.05) is 31.5 Å². The number of para-hydroxylation sites is 1. The lowest BCUT2D eigenvalue weighted by molar-refractivity contribution is -0.146. The summed E-state index contributed by atoms with van der Waals surface area (Å²) in [6, 6.07) is 12.1. The number of hydrogen-bond donors (Lipinski definition) is 2. The van der Waals surface area contributed by atoms with Crippen LogP contribution in [-0.2, 0) is 14.4 Å². The smallest absolute Gasteiger partial charge is 0.272 e. The first-order chi connectivity index (χ1) is 21.2. The van der Waals surface area contributed by atoms with Crippen molar-refractivity contribution in [2.45, 2.75) is 56.3 Å². The zero-order valence-electron chi connectivity index (χ0n) is 24.3. The van der Waals surface area contributed by atoms with Gasteiger partial charge in [-0.05, 0) is 43.5 Å². The van der Waals surface area contributed by atoms with Gasteiger partial charge in [-0.1, -0.05) is 31.0 Å². The topological polar surface area (TPSA) is 163 Å². The molecule has 1 saturated carbocycles. The maximum atomic E-state index is 14.1. The van der Waals surface area contributed by atoms with Crippen molar-refractivity contribution in [3.05, 3.63) is 66.9 Å². The Hall–Kier alpha value is -5.25. The van der Waals surface area contributed by atoms with Crippen LogP contribution in [-0.4, -0.2) is 85.3 Å². The molecule has 1 aliphatic carbocycles. The summed E-state index contributed by atoms with van der Waals surface area (Å²) in [6.45, 7) is 1.40. The molecule has 1 aromatic carbocycles. The molecule has 0 radical (unpaired) electrons. The standard InChI is InChI=1S/C31H32N8O5/c1-19(35-27(40)23-16-38(18-34-23)21-7-4-3-5-8-21)28(41)37(2)24(13-20-10-11-20)29(42)39-17-31(14-22(39)15-32)30(43)36-26-25(44-31)9-6-12-33-26/h3-9,12,16,18-20,22,24H,10-11,13-14,17H2,1-2H3,(H,35,40)(H,33,36,43). The Morgan fingerprint density at radius 3 is 2.70 bits per heavy atom. The van der Waals surface area contributed by atoms with E-state index in [1.807, 2.05) is 30.3 Å². The Balaban J connectivity index is 1.16. The Kier molecular flexibility index (Phi) is 7.50. The molecule has 0 bridgehead atoms. The molecular weight excluding hydrogens is 564 g/mol.